The first-order valence-electron chi connectivity index (χ1n) is 9.38. The lowest BCUT2D eigenvalue weighted by atomic mass is 9.73. The minimum Gasteiger partial charge on any atom is -0.465 e. The van der Waals surface area contributed by atoms with E-state index in [-0.39, 0.29) is 17.4 Å². The van der Waals surface area contributed by atoms with E-state index in [0.717, 1.165) is 31.4 Å². The van der Waals surface area contributed by atoms with Crippen molar-refractivity contribution in [1.82, 2.24) is 14.5 Å². The van der Waals surface area contributed by atoms with Crippen LogP contribution >= 0.6 is 0 Å². The molecule has 3 atom stereocenters. The molecule has 1 aromatic heterocycles. The van der Waals surface area contributed by atoms with E-state index >= 15 is 0 Å². The Morgan fingerprint density at radius 1 is 1.19 bits per heavy atom. The predicted molar refractivity (Wildman–Crippen MR) is 95.8 cm³/mol. The van der Waals surface area contributed by atoms with E-state index in [1.165, 1.54) is 16.0 Å². The monoisotopic (exact) mass is 353 g/mol. The zero-order valence-electron chi connectivity index (χ0n) is 14.6. The van der Waals surface area contributed by atoms with Gasteiger partial charge in [0.2, 0.25) is 0 Å². The van der Waals surface area contributed by atoms with Crippen molar-refractivity contribution in [2.45, 2.75) is 37.8 Å². The minimum atomic E-state index is -0.850. The number of aliphatic hydroxyl groups excluding tert-OH is 1. The van der Waals surface area contributed by atoms with Gasteiger partial charge in [-0.25, -0.2) is 9.78 Å². The number of fused-ring (bicyclic) bond motifs is 3. The molecule has 1 aliphatic carbocycles. The normalized spacial score (nSPS) is 29.0. The van der Waals surface area contributed by atoms with Gasteiger partial charge < -0.3 is 19.7 Å². The van der Waals surface area contributed by atoms with Crippen LogP contribution in [0.1, 0.15) is 37.3 Å². The number of amides is 1. The Morgan fingerprint density at radius 2 is 1.96 bits per heavy atom. The van der Waals surface area contributed by atoms with Crippen LogP contribution in [0.25, 0.3) is 11.3 Å². The van der Waals surface area contributed by atoms with Gasteiger partial charge in [0.25, 0.3) is 0 Å². The molecule has 1 saturated heterocycles. The second-order valence-corrected chi connectivity index (χ2v) is 8.00. The summed E-state index contributed by atoms with van der Waals surface area (Å²) in [5.74, 6) is 0.142. The molecule has 1 unspecified atom stereocenters. The van der Waals surface area contributed by atoms with E-state index in [0.29, 0.717) is 13.1 Å². The number of carbonyl (C=O) groups is 1. The highest BCUT2D eigenvalue weighted by Gasteiger charge is 2.53. The molecule has 2 aromatic rings. The lowest BCUT2D eigenvalue weighted by Crippen LogP contribution is -2.47. The van der Waals surface area contributed by atoms with Crippen LogP contribution in [0.2, 0.25) is 0 Å². The van der Waals surface area contributed by atoms with E-state index < -0.39 is 12.2 Å². The first-order valence-corrected chi connectivity index (χ1v) is 9.38. The quantitative estimate of drug-likeness (QED) is 0.826. The van der Waals surface area contributed by atoms with Crippen molar-refractivity contribution in [3.05, 3.63) is 42.4 Å². The fourth-order valence-corrected chi connectivity index (χ4v) is 5.54. The molecule has 136 valence electrons. The van der Waals surface area contributed by atoms with Crippen molar-refractivity contribution < 1.29 is 15.0 Å². The molecular weight excluding hydrogens is 330 g/mol. The second kappa shape index (κ2) is 5.58. The molecule has 5 rings (SSSR count). The number of aromatic nitrogens is 2. The fraction of sp³-hybridized carbons (Fsp3) is 0.500. The molecule has 6 heteroatoms. The van der Waals surface area contributed by atoms with E-state index in [1.807, 2.05) is 18.6 Å². The third kappa shape index (κ3) is 2.08. The lowest BCUT2D eigenvalue weighted by molar-refractivity contribution is -0.0227. The van der Waals surface area contributed by atoms with E-state index in [2.05, 4.69) is 27.8 Å². The summed E-state index contributed by atoms with van der Waals surface area (Å²) < 4.78 is 2.21. The summed E-state index contributed by atoms with van der Waals surface area (Å²) in [6, 6.07) is 8.53. The average Bonchev–Trinajstić information content (AvgIpc) is 3.31. The van der Waals surface area contributed by atoms with E-state index in [9.17, 15) is 15.0 Å². The molecule has 26 heavy (non-hydrogen) atoms. The molecule has 3 aliphatic rings. The highest BCUT2D eigenvalue weighted by molar-refractivity contribution is 5.69. The first-order chi connectivity index (χ1) is 12.6. The summed E-state index contributed by atoms with van der Waals surface area (Å²) in [5, 5.41) is 20.5. The fourth-order valence-electron chi connectivity index (χ4n) is 5.54. The SMILES string of the molecule is O=C(O)N1CCC2(CC[C@H](C3c4ccccc4-c4cncn43)[C@@H]2O)CC1. The number of aliphatic hydroxyl groups is 1. The highest BCUT2D eigenvalue weighted by Crippen LogP contribution is 2.55. The van der Waals surface area contributed by atoms with Gasteiger partial charge in [0.1, 0.15) is 0 Å². The number of likely N-dealkylation sites (tertiary alicyclic amines) is 1. The molecule has 3 heterocycles. The number of rotatable bonds is 1. The van der Waals surface area contributed by atoms with Crippen LogP contribution < -0.4 is 0 Å². The van der Waals surface area contributed by atoms with Crippen molar-refractivity contribution in [2.24, 2.45) is 11.3 Å². The van der Waals surface area contributed by atoms with E-state index in [1.54, 1.807) is 0 Å². The van der Waals surface area contributed by atoms with Gasteiger partial charge in [-0.3, -0.25) is 0 Å². The summed E-state index contributed by atoms with van der Waals surface area (Å²) in [7, 11) is 0. The van der Waals surface area contributed by atoms with Crippen LogP contribution in [0, 0.1) is 11.3 Å². The van der Waals surface area contributed by atoms with Gasteiger partial charge in [0.15, 0.2) is 0 Å². The Kier molecular flexibility index (Phi) is 3.41. The molecule has 1 aromatic carbocycles. The van der Waals surface area contributed by atoms with Gasteiger partial charge in [0.05, 0.1) is 30.4 Å². The Bertz CT molecular complexity index is 853. The highest BCUT2D eigenvalue weighted by atomic mass is 16.4. The molecule has 1 saturated carbocycles. The zero-order valence-corrected chi connectivity index (χ0v) is 14.6. The van der Waals surface area contributed by atoms with Crippen LogP contribution in [-0.2, 0) is 0 Å². The number of carboxylic acid groups (broad SMARTS) is 1. The summed E-state index contributed by atoms with van der Waals surface area (Å²) >= 11 is 0. The summed E-state index contributed by atoms with van der Waals surface area (Å²) in [4.78, 5) is 17.0. The Balaban J connectivity index is 1.45. The van der Waals surface area contributed by atoms with Gasteiger partial charge in [-0.2, -0.15) is 0 Å². The largest absolute Gasteiger partial charge is 0.465 e. The van der Waals surface area contributed by atoms with Gasteiger partial charge in [0, 0.05) is 30.0 Å². The summed E-state index contributed by atoms with van der Waals surface area (Å²) in [6.45, 7) is 1.05. The number of piperidine rings is 1. The first kappa shape index (κ1) is 15.9. The molecule has 1 amide bonds. The van der Waals surface area contributed by atoms with Crippen LogP contribution in [0.5, 0.6) is 0 Å². The van der Waals surface area contributed by atoms with Crippen molar-refractivity contribution in [1.29, 1.82) is 0 Å². The second-order valence-electron chi connectivity index (χ2n) is 8.00. The number of hydrogen-bond donors (Lipinski definition) is 2. The molecule has 2 aliphatic heterocycles. The van der Waals surface area contributed by atoms with Crippen molar-refractivity contribution in [2.75, 3.05) is 13.1 Å². The van der Waals surface area contributed by atoms with Crippen LogP contribution in [0.4, 0.5) is 4.79 Å². The van der Waals surface area contributed by atoms with Gasteiger partial charge in [-0.15, -0.1) is 0 Å². The predicted octanol–water partition coefficient (Wildman–Crippen LogP) is 2.98. The molecule has 0 radical (unpaired) electrons. The van der Waals surface area contributed by atoms with Crippen molar-refractivity contribution >= 4 is 6.09 Å². The van der Waals surface area contributed by atoms with Crippen molar-refractivity contribution in [3.8, 4) is 11.3 Å². The smallest absolute Gasteiger partial charge is 0.407 e. The molecule has 1 spiro atoms. The summed E-state index contributed by atoms with van der Waals surface area (Å²) in [6.07, 6.45) is 5.96. The Morgan fingerprint density at radius 3 is 2.73 bits per heavy atom. The third-order valence-corrected chi connectivity index (χ3v) is 6.96. The maximum atomic E-state index is 11.3. The van der Waals surface area contributed by atoms with E-state index in [4.69, 9.17) is 0 Å². The molecule has 6 nitrogen and oxygen atoms in total. The van der Waals surface area contributed by atoms with Gasteiger partial charge in [-0.1, -0.05) is 24.3 Å². The number of hydrogen-bond acceptors (Lipinski definition) is 3. The number of imidazole rings is 1. The van der Waals surface area contributed by atoms with Crippen LogP contribution in [-0.4, -0.2) is 50.0 Å². The molecule has 0 bridgehead atoms. The maximum absolute atomic E-state index is 11.3. The molecule has 2 fully saturated rings. The number of nitrogens with zero attached hydrogens (tertiary/aromatic N) is 3. The topological polar surface area (TPSA) is 78.6 Å². The van der Waals surface area contributed by atoms with Crippen LogP contribution in [0.15, 0.2) is 36.8 Å². The maximum Gasteiger partial charge on any atom is 0.407 e. The molecular formula is C20H23N3O3. The average molecular weight is 353 g/mol. The lowest BCUT2D eigenvalue weighted by Gasteiger charge is -2.42. The minimum absolute atomic E-state index is 0.121. The van der Waals surface area contributed by atoms with Crippen LogP contribution in [0.3, 0.4) is 0 Å². The third-order valence-electron chi connectivity index (χ3n) is 6.96. The Labute approximate surface area is 152 Å². The summed E-state index contributed by atoms with van der Waals surface area (Å²) in [5.41, 5.74) is 3.46. The Hall–Kier alpha value is -2.34. The van der Waals surface area contributed by atoms with Crippen molar-refractivity contribution in [3.63, 3.8) is 0 Å². The number of benzene rings is 1. The molecule has 2 N–H and O–H groups in total. The van der Waals surface area contributed by atoms with Gasteiger partial charge in [-0.05, 0) is 31.2 Å². The standard InChI is InChI=1S/C20H23N3O3/c24-18-15(5-6-20(18)7-9-22(10-8-20)19(25)26)17-14-4-2-1-3-13(14)16-11-21-12-23(16)17/h1-4,11-12,15,17-18,24H,5-10H2,(H,25,26)/t15-,17?,18+/m1/s1. The van der Waals surface area contributed by atoms with Gasteiger partial charge >= 0.3 is 6.09 Å². The zero-order chi connectivity index (χ0) is 17.9.